The third kappa shape index (κ3) is 2.23. The second-order valence-electron chi connectivity index (χ2n) is 3.11. The third-order valence-electron chi connectivity index (χ3n) is 2.35. The molecule has 0 amide bonds. The lowest BCUT2D eigenvalue weighted by atomic mass is 10.1. The Balaban J connectivity index is 2.57. The van der Waals surface area contributed by atoms with E-state index in [2.05, 4.69) is 5.32 Å². The largest absolute Gasteiger partial charge is 0.465 e. The lowest BCUT2D eigenvalue weighted by Gasteiger charge is -2.20. The van der Waals surface area contributed by atoms with Crippen molar-refractivity contribution in [2.45, 2.75) is 25.2 Å². The van der Waals surface area contributed by atoms with Crippen LogP contribution in [0.1, 0.15) is 6.92 Å². The fourth-order valence-electron chi connectivity index (χ4n) is 1.64. The molecule has 1 aliphatic rings. The van der Waals surface area contributed by atoms with Crippen LogP contribution in [0, 0.1) is 0 Å². The minimum Gasteiger partial charge on any atom is -0.465 e. The van der Waals surface area contributed by atoms with Gasteiger partial charge in [0.25, 0.3) is 0 Å². The van der Waals surface area contributed by atoms with Gasteiger partial charge in [0.05, 0.1) is 12.7 Å². The van der Waals surface area contributed by atoms with Crippen LogP contribution in [-0.4, -0.2) is 51.6 Å². The summed E-state index contributed by atoms with van der Waals surface area (Å²) in [6.45, 7) is 2.77. The Labute approximate surface area is 83.7 Å². The molecule has 1 rings (SSSR count). The first-order valence-corrected chi connectivity index (χ1v) is 4.70. The smallest absolute Gasteiger partial charge is 0.325 e. The number of esters is 1. The average molecular weight is 203 g/mol. The minimum atomic E-state index is -0.412. The monoisotopic (exact) mass is 203 g/mol. The van der Waals surface area contributed by atoms with E-state index in [-0.39, 0.29) is 18.2 Å². The summed E-state index contributed by atoms with van der Waals surface area (Å²) in [4.78, 5) is 11.5. The molecule has 3 atom stereocenters. The van der Waals surface area contributed by atoms with E-state index in [1.165, 1.54) is 0 Å². The maximum atomic E-state index is 11.5. The molecule has 0 aliphatic carbocycles. The molecule has 5 heteroatoms. The molecule has 1 N–H and O–H groups in total. The normalized spacial score (nSPS) is 31.8. The molecule has 0 bridgehead atoms. The van der Waals surface area contributed by atoms with Gasteiger partial charge in [-0.15, -0.1) is 0 Å². The van der Waals surface area contributed by atoms with Gasteiger partial charge in [0.1, 0.15) is 12.1 Å². The van der Waals surface area contributed by atoms with Crippen LogP contribution in [-0.2, 0) is 19.0 Å². The van der Waals surface area contributed by atoms with E-state index in [0.717, 1.165) is 0 Å². The number of nitrogens with one attached hydrogen (secondary N) is 1. The molecule has 1 aliphatic heterocycles. The van der Waals surface area contributed by atoms with Gasteiger partial charge in [-0.3, -0.25) is 10.1 Å². The predicted molar refractivity (Wildman–Crippen MR) is 50.0 cm³/mol. The number of rotatable bonds is 4. The molecule has 14 heavy (non-hydrogen) atoms. The zero-order chi connectivity index (χ0) is 10.6. The standard InChI is InChI=1S/C9H17NO4/c1-4-14-9(11)7-8(13-3)6(12-2)5-10-7/h6-8,10H,4-5H2,1-3H3/t6-,7-,8-/m1/s1. The van der Waals surface area contributed by atoms with E-state index in [9.17, 15) is 4.79 Å². The molecule has 0 aromatic rings. The Hall–Kier alpha value is -0.650. The molecule has 5 nitrogen and oxygen atoms in total. The van der Waals surface area contributed by atoms with Crippen molar-refractivity contribution in [2.75, 3.05) is 27.4 Å². The zero-order valence-corrected chi connectivity index (χ0v) is 8.78. The average Bonchev–Trinajstić information content (AvgIpc) is 2.60. The predicted octanol–water partition coefficient (Wildman–Crippen LogP) is -0.449. The first-order chi connectivity index (χ1) is 6.74. The highest BCUT2D eigenvalue weighted by molar-refractivity contribution is 5.77. The highest BCUT2D eigenvalue weighted by atomic mass is 16.6. The molecule has 1 heterocycles. The number of carbonyl (C=O) groups is 1. The van der Waals surface area contributed by atoms with Crippen molar-refractivity contribution in [2.24, 2.45) is 0 Å². The van der Waals surface area contributed by atoms with Crippen LogP contribution < -0.4 is 5.32 Å². The molecule has 82 valence electrons. The van der Waals surface area contributed by atoms with Crippen molar-refractivity contribution in [1.82, 2.24) is 5.32 Å². The Morgan fingerprint density at radius 1 is 1.43 bits per heavy atom. The maximum absolute atomic E-state index is 11.5. The van der Waals surface area contributed by atoms with Gasteiger partial charge in [0, 0.05) is 20.8 Å². The summed E-state index contributed by atoms with van der Waals surface area (Å²) in [5.74, 6) is -0.279. The number of carbonyl (C=O) groups excluding carboxylic acids is 1. The van der Waals surface area contributed by atoms with E-state index in [1.54, 1.807) is 21.1 Å². The minimum absolute atomic E-state index is 0.0885. The molecule has 1 fully saturated rings. The molecule has 1 saturated heterocycles. The topological polar surface area (TPSA) is 56.8 Å². The van der Waals surface area contributed by atoms with Gasteiger partial charge >= 0.3 is 5.97 Å². The number of hydrogen-bond acceptors (Lipinski definition) is 5. The highest BCUT2D eigenvalue weighted by Crippen LogP contribution is 2.15. The molecule has 0 unspecified atom stereocenters. The fraction of sp³-hybridized carbons (Fsp3) is 0.889. The first-order valence-electron chi connectivity index (χ1n) is 4.70. The molecule has 0 aromatic carbocycles. The summed E-state index contributed by atoms with van der Waals surface area (Å²) in [5.41, 5.74) is 0. The molecule has 0 aromatic heterocycles. The molecule has 0 spiro atoms. The van der Waals surface area contributed by atoms with Crippen LogP contribution >= 0.6 is 0 Å². The number of hydrogen-bond donors (Lipinski definition) is 1. The van der Waals surface area contributed by atoms with Crippen LogP contribution in [0.15, 0.2) is 0 Å². The number of ether oxygens (including phenoxy) is 3. The molecule has 0 radical (unpaired) electrons. The van der Waals surface area contributed by atoms with Gasteiger partial charge in [-0.25, -0.2) is 0 Å². The van der Waals surface area contributed by atoms with Gasteiger partial charge < -0.3 is 14.2 Å². The highest BCUT2D eigenvalue weighted by Gasteiger charge is 2.41. The summed E-state index contributed by atoms with van der Waals surface area (Å²) in [6.07, 6.45) is -0.353. The Kier molecular flexibility index (Phi) is 4.31. The summed E-state index contributed by atoms with van der Waals surface area (Å²) < 4.78 is 15.3. The van der Waals surface area contributed by atoms with Gasteiger partial charge in [-0.05, 0) is 6.92 Å². The van der Waals surface area contributed by atoms with Gasteiger partial charge in [-0.1, -0.05) is 0 Å². The summed E-state index contributed by atoms with van der Waals surface area (Å²) in [6, 6.07) is -0.412. The van der Waals surface area contributed by atoms with Crippen molar-refractivity contribution in [3.8, 4) is 0 Å². The van der Waals surface area contributed by atoms with E-state index in [0.29, 0.717) is 13.2 Å². The summed E-state index contributed by atoms with van der Waals surface area (Å²) in [7, 11) is 3.17. The fourth-order valence-corrected chi connectivity index (χ4v) is 1.64. The van der Waals surface area contributed by atoms with Crippen LogP contribution in [0.25, 0.3) is 0 Å². The van der Waals surface area contributed by atoms with Crippen LogP contribution in [0.4, 0.5) is 0 Å². The third-order valence-corrected chi connectivity index (χ3v) is 2.35. The van der Waals surface area contributed by atoms with E-state index in [1.807, 2.05) is 0 Å². The van der Waals surface area contributed by atoms with Gasteiger partial charge in [-0.2, -0.15) is 0 Å². The Morgan fingerprint density at radius 3 is 2.64 bits per heavy atom. The quantitative estimate of drug-likeness (QED) is 0.627. The van der Waals surface area contributed by atoms with Crippen LogP contribution in [0.5, 0.6) is 0 Å². The first kappa shape index (κ1) is 11.4. The molecular formula is C9H17NO4. The van der Waals surface area contributed by atoms with Crippen molar-refractivity contribution in [3.05, 3.63) is 0 Å². The molecular weight excluding hydrogens is 186 g/mol. The second kappa shape index (κ2) is 5.29. The number of methoxy groups -OCH3 is 2. The zero-order valence-electron chi connectivity index (χ0n) is 8.78. The lowest BCUT2D eigenvalue weighted by Crippen LogP contribution is -2.42. The van der Waals surface area contributed by atoms with Crippen molar-refractivity contribution < 1.29 is 19.0 Å². The Bertz CT molecular complexity index is 197. The van der Waals surface area contributed by atoms with E-state index in [4.69, 9.17) is 14.2 Å². The van der Waals surface area contributed by atoms with E-state index >= 15 is 0 Å². The van der Waals surface area contributed by atoms with Crippen molar-refractivity contribution in [1.29, 1.82) is 0 Å². The SMILES string of the molecule is CCOC(=O)[C@@H]1NC[C@@H](OC)[C@H]1OC. The Morgan fingerprint density at radius 2 is 2.14 bits per heavy atom. The van der Waals surface area contributed by atoms with Crippen LogP contribution in [0.2, 0.25) is 0 Å². The van der Waals surface area contributed by atoms with Crippen molar-refractivity contribution >= 4 is 5.97 Å². The van der Waals surface area contributed by atoms with Crippen LogP contribution in [0.3, 0.4) is 0 Å². The second-order valence-corrected chi connectivity index (χ2v) is 3.11. The van der Waals surface area contributed by atoms with Gasteiger partial charge in [0.2, 0.25) is 0 Å². The summed E-state index contributed by atoms with van der Waals surface area (Å²) in [5, 5.41) is 3.02. The lowest BCUT2D eigenvalue weighted by molar-refractivity contribution is -0.149. The molecule has 0 saturated carbocycles. The summed E-state index contributed by atoms with van der Waals surface area (Å²) >= 11 is 0. The van der Waals surface area contributed by atoms with E-state index < -0.39 is 6.04 Å². The van der Waals surface area contributed by atoms with Crippen molar-refractivity contribution in [3.63, 3.8) is 0 Å². The van der Waals surface area contributed by atoms with Gasteiger partial charge in [0.15, 0.2) is 0 Å². The maximum Gasteiger partial charge on any atom is 0.325 e.